The van der Waals surface area contributed by atoms with Crippen LogP contribution < -0.4 is 30.7 Å². The summed E-state index contributed by atoms with van der Waals surface area (Å²) in [6, 6.07) is 13.2. The number of aliphatic hydroxyl groups excluding tert-OH is 1. The van der Waals surface area contributed by atoms with Crippen LogP contribution in [0.1, 0.15) is 62.1 Å². The quantitative estimate of drug-likeness (QED) is 0.123. The fourth-order valence-corrected chi connectivity index (χ4v) is 5.42. The molecule has 0 aliphatic rings. The summed E-state index contributed by atoms with van der Waals surface area (Å²) in [6.45, 7) is 7.07. The zero-order valence-electron chi connectivity index (χ0n) is 31.7. The Labute approximate surface area is 327 Å². The van der Waals surface area contributed by atoms with E-state index in [-0.39, 0.29) is 29.8 Å². The minimum absolute atomic E-state index is 0.0842. The number of aliphatic hydroxyl groups is 1. The summed E-state index contributed by atoms with van der Waals surface area (Å²) in [5.41, 5.74) is 0.0702. The third-order valence-corrected chi connectivity index (χ3v) is 8.22. The summed E-state index contributed by atoms with van der Waals surface area (Å²) < 4.78 is 56.4. The fraction of sp³-hybridized carbons (Fsp3) is 0.410. The molecule has 56 heavy (non-hydrogen) atoms. The lowest BCUT2D eigenvalue weighted by Crippen LogP contribution is -2.56. The molecule has 17 heteroatoms. The topological polar surface area (TPSA) is 181 Å². The molecule has 0 bridgehead atoms. The smallest absolute Gasteiger partial charge is 0.416 e. The predicted octanol–water partition coefficient (Wildman–Crippen LogP) is 4.45. The Hall–Kier alpha value is -5.35. The van der Waals surface area contributed by atoms with Crippen molar-refractivity contribution in [3.8, 4) is 11.5 Å². The molecule has 3 rings (SSSR count). The van der Waals surface area contributed by atoms with Crippen molar-refractivity contribution in [2.24, 2.45) is 5.92 Å². The highest BCUT2D eigenvalue weighted by molar-refractivity contribution is 6.30. The standard InChI is InChI=1S/C39H46ClF3N4O9/c1-22(2)32(34(50)39(41,42)43)46-37(53)33(24-10-14-27(54-6)15-11-24)47-36(52)29(19-23-8-7-9-26(40)18-23)45-35(51)25-12-16-28(17-13-25)55-21-30(48)44-20-31(49)56-38(3,4)5/h7-18,22,29,32-34,50H,19-21H2,1-6H3,(H,44,48)(H,45,51)(H,46,53)(H,47,52). The second-order valence-electron chi connectivity index (χ2n) is 14.0. The lowest BCUT2D eigenvalue weighted by atomic mass is 9.96. The van der Waals surface area contributed by atoms with Crippen LogP contribution in [0.4, 0.5) is 13.2 Å². The van der Waals surface area contributed by atoms with Crippen LogP contribution >= 0.6 is 11.6 Å². The number of halogens is 4. The summed E-state index contributed by atoms with van der Waals surface area (Å²) >= 11 is 6.18. The number of rotatable bonds is 17. The molecule has 0 saturated carbocycles. The fourth-order valence-electron chi connectivity index (χ4n) is 5.20. The average molecular weight is 807 g/mol. The first kappa shape index (κ1) is 45.0. The number of nitrogens with one attached hydrogen (secondary N) is 4. The Bertz CT molecular complexity index is 1820. The van der Waals surface area contributed by atoms with Crippen molar-refractivity contribution >= 4 is 41.2 Å². The Kier molecular flexibility index (Phi) is 16.1. The Morgan fingerprint density at radius 2 is 1.46 bits per heavy atom. The van der Waals surface area contributed by atoms with E-state index in [0.29, 0.717) is 16.3 Å². The van der Waals surface area contributed by atoms with E-state index in [1.54, 1.807) is 45.0 Å². The summed E-state index contributed by atoms with van der Waals surface area (Å²) in [6.07, 6.45) is -8.06. The molecule has 0 aliphatic carbocycles. The molecular weight excluding hydrogens is 761 g/mol. The third-order valence-electron chi connectivity index (χ3n) is 7.99. The molecule has 0 spiro atoms. The van der Waals surface area contributed by atoms with E-state index in [4.69, 9.17) is 25.8 Å². The van der Waals surface area contributed by atoms with E-state index in [9.17, 15) is 42.3 Å². The Balaban J connectivity index is 1.82. The summed E-state index contributed by atoms with van der Waals surface area (Å²) in [5, 5.41) is 20.2. The lowest BCUT2D eigenvalue weighted by molar-refractivity contribution is -0.215. The van der Waals surface area contributed by atoms with Crippen molar-refractivity contribution in [2.45, 2.75) is 77.0 Å². The van der Waals surface area contributed by atoms with Crippen molar-refractivity contribution < 1.29 is 56.5 Å². The van der Waals surface area contributed by atoms with Gasteiger partial charge in [-0.05, 0) is 86.3 Å². The van der Waals surface area contributed by atoms with Crippen molar-refractivity contribution in [3.05, 3.63) is 94.5 Å². The Morgan fingerprint density at radius 1 is 0.839 bits per heavy atom. The number of ether oxygens (including phenoxy) is 3. The van der Waals surface area contributed by atoms with E-state index < -0.39 is 78.1 Å². The molecule has 4 amide bonds. The van der Waals surface area contributed by atoms with Crippen LogP contribution in [0.25, 0.3) is 0 Å². The van der Waals surface area contributed by atoms with Gasteiger partial charge in [-0.15, -0.1) is 0 Å². The number of esters is 1. The molecule has 0 radical (unpaired) electrons. The van der Waals surface area contributed by atoms with Gasteiger partial charge in [-0.1, -0.05) is 49.7 Å². The number of alkyl halides is 3. The van der Waals surface area contributed by atoms with E-state index in [0.717, 1.165) is 0 Å². The largest absolute Gasteiger partial charge is 0.497 e. The molecule has 3 aromatic rings. The number of benzene rings is 3. The van der Waals surface area contributed by atoms with Gasteiger partial charge < -0.3 is 40.6 Å². The van der Waals surface area contributed by atoms with Gasteiger partial charge in [0.2, 0.25) is 11.8 Å². The third kappa shape index (κ3) is 14.4. The van der Waals surface area contributed by atoms with Crippen LogP contribution in [0, 0.1) is 5.92 Å². The molecular formula is C39H46ClF3N4O9. The van der Waals surface area contributed by atoms with Crippen LogP contribution in [0.2, 0.25) is 5.02 Å². The molecule has 4 unspecified atom stereocenters. The van der Waals surface area contributed by atoms with Gasteiger partial charge in [0.05, 0.1) is 13.2 Å². The van der Waals surface area contributed by atoms with Crippen LogP contribution in [0.5, 0.6) is 11.5 Å². The molecule has 0 aliphatic heterocycles. The van der Waals surface area contributed by atoms with Crippen LogP contribution in [-0.2, 0) is 30.3 Å². The molecule has 3 aromatic carbocycles. The normalized spacial score (nSPS) is 13.7. The maximum Gasteiger partial charge on any atom is 0.416 e. The van der Waals surface area contributed by atoms with Crippen molar-refractivity contribution in [1.29, 1.82) is 0 Å². The highest BCUT2D eigenvalue weighted by atomic mass is 35.5. The van der Waals surface area contributed by atoms with E-state index in [1.807, 2.05) is 0 Å². The van der Waals surface area contributed by atoms with Gasteiger partial charge in [0.1, 0.15) is 35.7 Å². The number of amides is 4. The molecule has 0 aromatic heterocycles. The molecule has 0 saturated heterocycles. The first-order valence-electron chi connectivity index (χ1n) is 17.4. The van der Waals surface area contributed by atoms with Gasteiger partial charge in [-0.2, -0.15) is 13.2 Å². The van der Waals surface area contributed by atoms with Gasteiger partial charge in [0.15, 0.2) is 12.7 Å². The van der Waals surface area contributed by atoms with Crippen LogP contribution in [0.15, 0.2) is 72.8 Å². The second kappa shape index (κ2) is 20.0. The minimum Gasteiger partial charge on any atom is -0.497 e. The van der Waals surface area contributed by atoms with Crippen molar-refractivity contribution in [2.75, 3.05) is 20.3 Å². The van der Waals surface area contributed by atoms with Crippen LogP contribution in [-0.4, -0.2) is 84.9 Å². The molecule has 4 atom stereocenters. The maximum atomic E-state index is 14.0. The van der Waals surface area contributed by atoms with Gasteiger partial charge in [-0.3, -0.25) is 24.0 Å². The SMILES string of the molecule is COc1ccc(C(NC(=O)C(Cc2cccc(Cl)c2)NC(=O)c2ccc(OCC(=O)NCC(=O)OC(C)(C)C)cc2)C(=O)NC(C(C)C)C(O)C(F)(F)F)cc1. The zero-order valence-corrected chi connectivity index (χ0v) is 32.4. The van der Waals surface area contributed by atoms with Gasteiger partial charge in [0.25, 0.3) is 11.8 Å². The lowest BCUT2D eigenvalue weighted by Gasteiger charge is -2.31. The Morgan fingerprint density at radius 3 is 2.02 bits per heavy atom. The average Bonchev–Trinajstić information content (AvgIpc) is 3.12. The second-order valence-corrected chi connectivity index (χ2v) is 14.5. The zero-order chi connectivity index (χ0) is 41.8. The summed E-state index contributed by atoms with van der Waals surface area (Å²) in [5.74, 6) is -4.10. The predicted molar refractivity (Wildman–Crippen MR) is 200 cm³/mol. The maximum absolute atomic E-state index is 14.0. The highest BCUT2D eigenvalue weighted by Gasteiger charge is 2.46. The van der Waals surface area contributed by atoms with Gasteiger partial charge in [-0.25, -0.2) is 0 Å². The first-order valence-corrected chi connectivity index (χ1v) is 17.8. The molecule has 0 fully saturated rings. The molecule has 13 nitrogen and oxygen atoms in total. The van der Waals surface area contributed by atoms with Gasteiger partial charge in [0, 0.05) is 17.0 Å². The first-order chi connectivity index (χ1) is 26.2. The molecule has 0 heterocycles. The van der Waals surface area contributed by atoms with E-state index in [1.165, 1.54) is 69.5 Å². The highest BCUT2D eigenvalue weighted by Crippen LogP contribution is 2.27. The van der Waals surface area contributed by atoms with E-state index >= 15 is 0 Å². The summed E-state index contributed by atoms with van der Waals surface area (Å²) in [4.78, 5) is 65.2. The van der Waals surface area contributed by atoms with E-state index in [2.05, 4.69) is 21.3 Å². The monoisotopic (exact) mass is 806 g/mol. The molecule has 304 valence electrons. The van der Waals surface area contributed by atoms with Crippen molar-refractivity contribution in [1.82, 2.24) is 21.3 Å². The number of hydrogen-bond donors (Lipinski definition) is 5. The number of carbonyl (C=O) groups excluding carboxylic acids is 5. The minimum atomic E-state index is -5.05. The number of methoxy groups -OCH3 is 1. The number of carbonyl (C=O) groups is 5. The molecule has 5 N–H and O–H groups in total. The summed E-state index contributed by atoms with van der Waals surface area (Å²) in [7, 11) is 1.41. The van der Waals surface area contributed by atoms with Crippen molar-refractivity contribution in [3.63, 3.8) is 0 Å². The van der Waals surface area contributed by atoms with Gasteiger partial charge >= 0.3 is 12.1 Å². The number of hydrogen-bond acceptors (Lipinski definition) is 9. The van der Waals surface area contributed by atoms with Crippen LogP contribution in [0.3, 0.4) is 0 Å².